The summed E-state index contributed by atoms with van der Waals surface area (Å²) in [4.78, 5) is 15.1. The minimum atomic E-state index is -0.373. The zero-order valence-corrected chi connectivity index (χ0v) is 13.0. The number of carbonyl (C=O) groups excluding carboxylic acids is 1. The molecule has 2 heterocycles. The van der Waals surface area contributed by atoms with Crippen LogP contribution < -0.4 is 5.32 Å². The zero-order valence-electron chi connectivity index (χ0n) is 13.0. The summed E-state index contributed by atoms with van der Waals surface area (Å²) >= 11 is 0. The van der Waals surface area contributed by atoms with E-state index in [0.717, 1.165) is 16.7 Å². The van der Waals surface area contributed by atoms with Crippen LogP contribution in [0.15, 0.2) is 61.4 Å². The summed E-state index contributed by atoms with van der Waals surface area (Å²) < 4.78 is 4.89. The summed E-state index contributed by atoms with van der Waals surface area (Å²) in [5.41, 5.74) is 2.76. The highest BCUT2D eigenvalue weighted by molar-refractivity contribution is 5.70. The molecule has 1 amide bonds. The largest absolute Gasteiger partial charge is 0.447 e. The van der Waals surface area contributed by atoms with E-state index >= 15 is 0 Å². The number of hydrogen-bond acceptors (Lipinski definition) is 3. The van der Waals surface area contributed by atoms with Gasteiger partial charge in [0, 0.05) is 23.5 Å². The van der Waals surface area contributed by atoms with Crippen LogP contribution in [0.4, 0.5) is 4.79 Å². The zero-order chi connectivity index (χ0) is 16.5. The first-order valence-electron chi connectivity index (χ1n) is 7.25. The molecule has 0 radical (unpaired) electrons. The SMILES string of the molecule is C=CC.O=C1N[C@H](c2cccc(C#Cc3cccnc3)c2)CO1. The van der Waals surface area contributed by atoms with E-state index in [2.05, 4.69) is 28.7 Å². The quantitative estimate of drug-likeness (QED) is 0.648. The number of carbonyl (C=O) groups is 1. The summed E-state index contributed by atoms with van der Waals surface area (Å²) in [7, 11) is 0. The smallest absolute Gasteiger partial charge is 0.407 e. The Hall–Kier alpha value is -3.06. The van der Waals surface area contributed by atoms with Gasteiger partial charge in [0.25, 0.3) is 0 Å². The molecule has 4 nitrogen and oxygen atoms in total. The molecule has 0 unspecified atom stereocenters. The van der Waals surface area contributed by atoms with Crippen LogP contribution in [0.3, 0.4) is 0 Å². The Labute approximate surface area is 136 Å². The lowest BCUT2D eigenvalue weighted by molar-refractivity contribution is 0.177. The Balaban J connectivity index is 0.000000595. The molecule has 1 atom stereocenters. The first-order chi connectivity index (χ1) is 11.2. The molecule has 1 aliphatic rings. The Morgan fingerprint density at radius 1 is 1.30 bits per heavy atom. The maximum atomic E-state index is 11.1. The standard InChI is InChI=1S/C16H12N2O2.C3H6/c19-16-18-15(11-20-16)14-5-1-3-12(9-14)6-7-13-4-2-8-17-10-13;1-3-2/h1-5,8-10,15H,11H2,(H,18,19);3H,1H2,2H3/t15-;/m0./s1. The predicted octanol–water partition coefficient (Wildman–Crippen LogP) is 3.45. The van der Waals surface area contributed by atoms with E-state index in [1.807, 2.05) is 43.3 Å². The molecule has 0 saturated carbocycles. The molecule has 0 bridgehead atoms. The highest BCUT2D eigenvalue weighted by Crippen LogP contribution is 2.18. The molecule has 4 heteroatoms. The van der Waals surface area contributed by atoms with Gasteiger partial charge in [-0.25, -0.2) is 4.79 Å². The van der Waals surface area contributed by atoms with Crippen molar-refractivity contribution >= 4 is 6.09 Å². The number of benzene rings is 1. The molecule has 1 aromatic heterocycles. The van der Waals surface area contributed by atoms with E-state index in [1.165, 1.54) is 0 Å². The number of pyridine rings is 1. The van der Waals surface area contributed by atoms with Gasteiger partial charge in [0.05, 0.1) is 6.04 Å². The summed E-state index contributed by atoms with van der Waals surface area (Å²) in [5, 5.41) is 2.75. The van der Waals surface area contributed by atoms with Crippen molar-refractivity contribution < 1.29 is 9.53 Å². The van der Waals surface area contributed by atoms with Gasteiger partial charge in [-0.15, -0.1) is 6.58 Å². The maximum absolute atomic E-state index is 11.1. The number of nitrogens with zero attached hydrogens (tertiary/aromatic N) is 1. The molecular formula is C19H18N2O2. The van der Waals surface area contributed by atoms with Crippen molar-refractivity contribution in [2.24, 2.45) is 0 Å². The molecule has 2 aromatic rings. The fourth-order valence-corrected chi connectivity index (χ4v) is 1.98. The van der Waals surface area contributed by atoms with Gasteiger partial charge in [-0.2, -0.15) is 0 Å². The average Bonchev–Trinajstić information content (AvgIpc) is 3.02. The molecule has 116 valence electrons. The van der Waals surface area contributed by atoms with Crippen molar-refractivity contribution in [2.75, 3.05) is 6.61 Å². The van der Waals surface area contributed by atoms with Crippen LogP contribution in [-0.2, 0) is 4.74 Å². The fraction of sp³-hybridized carbons (Fsp3) is 0.158. The number of nitrogens with one attached hydrogen (secondary N) is 1. The van der Waals surface area contributed by atoms with E-state index in [-0.39, 0.29) is 12.1 Å². The van der Waals surface area contributed by atoms with Crippen LogP contribution in [0.25, 0.3) is 0 Å². The number of cyclic esters (lactones) is 1. The minimum absolute atomic E-state index is 0.0948. The highest BCUT2D eigenvalue weighted by atomic mass is 16.6. The molecule has 23 heavy (non-hydrogen) atoms. The number of ether oxygens (including phenoxy) is 1. The number of amides is 1. The lowest BCUT2D eigenvalue weighted by Gasteiger charge is -2.07. The van der Waals surface area contributed by atoms with E-state index in [9.17, 15) is 4.79 Å². The Kier molecular flexibility index (Phi) is 5.96. The van der Waals surface area contributed by atoms with Gasteiger partial charge in [0.2, 0.25) is 0 Å². The topological polar surface area (TPSA) is 51.2 Å². The predicted molar refractivity (Wildman–Crippen MR) is 89.8 cm³/mol. The lowest BCUT2D eigenvalue weighted by atomic mass is 10.0. The van der Waals surface area contributed by atoms with Crippen LogP contribution in [0.5, 0.6) is 0 Å². The van der Waals surface area contributed by atoms with Crippen molar-refractivity contribution in [2.45, 2.75) is 13.0 Å². The van der Waals surface area contributed by atoms with Crippen molar-refractivity contribution in [3.05, 3.63) is 78.1 Å². The summed E-state index contributed by atoms with van der Waals surface area (Å²) in [6.07, 6.45) is 4.82. The van der Waals surface area contributed by atoms with E-state index in [0.29, 0.717) is 6.61 Å². The highest BCUT2D eigenvalue weighted by Gasteiger charge is 2.23. The van der Waals surface area contributed by atoms with Crippen molar-refractivity contribution in [1.29, 1.82) is 0 Å². The second kappa shape index (κ2) is 8.40. The summed E-state index contributed by atoms with van der Waals surface area (Å²) in [6.45, 7) is 5.61. The number of allylic oxidation sites excluding steroid dienone is 1. The van der Waals surface area contributed by atoms with Crippen molar-refractivity contribution in [3.8, 4) is 11.8 Å². The number of hydrogen-bond donors (Lipinski definition) is 1. The Morgan fingerprint density at radius 2 is 2.04 bits per heavy atom. The molecular weight excluding hydrogens is 288 g/mol. The molecule has 3 rings (SSSR count). The summed E-state index contributed by atoms with van der Waals surface area (Å²) in [5.74, 6) is 6.15. The van der Waals surface area contributed by atoms with Crippen LogP contribution in [0, 0.1) is 11.8 Å². The second-order valence-corrected chi connectivity index (χ2v) is 4.82. The van der Waals surface area contributed by atoms with Crippen LogP contribution in [-0.4, -0.2) is 17.7 Å². The minimum Gasteiger partial charge on any atom is -0.447 e. The van der Waals surface area contributed by atoms with E-state index in [1.54, 1.807) is 18.5 Å². The van der Waals surface area contributed by atoms with Gasteiger partial charge in [-0.3, -0.25) is 4.98 Å². The third kappa shape index (κ3) is 5.01. The van der Waals surface area contributed by atoms with Gasteiger partial charge in [0.15, 0.2) is 0 Å². The molecule has 0 aliphatic carbocycles. The number of aromatic nitrogens is 1. The Bertz CT molecular complexity index is 730. The molecule has 1 fully saturated rings. The van der Waals surface area contributed by atoms with Crippen LogP contribution in [0.1, 0.15) is 29.7 Å². The molecule has 1 aromatic carbocycles. The molecule has 0 spiro atoms. The average molecular weight is 306 g/mol. The van der Waals surface area contributed by atoms with Crippen LogP contribution >= 0.6 is 0 Å². The van der Waals surface area contributed by atoms with Gasteiger partial charge in [-0.05, 0) is 36.8 Å². The normalized spacial score (nSPS) is 15.2. The second-order valence-electron chi connectivity index (χ2n) is 4.82. The maximum Gasteiger partial charge on any atom is 0.407 e. The van der Waals surface area contributed by atoms with E-state index < -0.39 is 0 Å². The summed E-state index contributed by atoms with van der Waals surface area (Å²) in [6, 6.07) is 11.4. The first-order valence-corrected chi connectivity index (χ1v) is 7.25. The van der Waals surface area contributed by atoms with Gasteiger partial charge in [0.1, 0.15) is 6.61 Å². The number of alkyl carbamates (subject to hydrolysis) is 1. The monoisotopic (exact) mass is 306 g/mol. The third-order valence-electron chi connectivity index (χ3n) is 2.97. The fourth-order valence-electron chi connectivity index (χ4n) is 1.98. The van der Waals surface area contributed by atoms with Crippen LogP contribution in [0.2, 0.25) is 0 Å². The van der Waals surface area contributed by atoms with Gasteiger partial charge in [-0.1, -0.05) is 30.0 Å². The third-order valence-corrected chi connectivity index (χ3v) is 2.97. The molecule has 1 saturated heterocycles. The van der Waals surface area contributed by atoms with Crippen molar-refractivity contribution in [3.63, 3.8) is 0 Å². The van der Waals surface area contributed by atoms with Gasteiger partial charge < -0.3 is 10.1 Å². The molecule has 1 aliphatic heterocycles. The number of rotatable bonds is 1. The Morgan fingerprint density at radius 3 is 2.70 bits per heavy atom. The lowest BCUT2D eigenvalue weighted by Crippen LogP contribution is -2.18. The first kappa shape index (κ1) is 16.3. The van der Waals surface area contributed by atoms with E-state index in [4.69, 9.17) is 4.74 Å². The molecule has 1 N–H and O–H groups in total. The van der Waals surface area contributed by atoms with Crippen molar-refractivity contribution in [1.82, 2.24) is 10.3 Å². The van der Waals surface area contributed by atoms with Gasteiger partial charge >= 0.3 is 6.09 Å².